The van der Waals surface area contributed by atoms with Crippen molar-refractivity contribution >= 4 is 17.1 Å². The van der Waals surface area contributed by atoms with E-state index in [-0.39, 0.29) is 5.78 Å². The molecule has 3 aromatic rings. The van der Waals surface area contributed by atoms with Gasteiger partial charge in [0.25, 0.3) is 0 Å². The van der Waals surface area contributed by atoms with E-state index < -0.39 is 0 Å². The van der Waals surface area contributed by atoms with Gasteiger partial charge in [0.05, 0.1) is 4.88 Å². The van der Waals surface area contributed by atoms with E-state index >= 15 is 0 Å². The Morgan fingerprint density at radius 3 is 2.95 bits per heavy atom. The van der Waals surface area contributed by atoms with E-state index in [9.17, 15) is 4.79 Å². The topological polar surface area (TPSA) is 68.9 Å². The number of aryl methyl sites for hydroxylation is 1. The number of pyridine rings is 1. The van der Waals surface area contributed by atoms with Crippen LogP contribution in [0.2, 0.25) is 0 Å². The predicted molar refractivity (Wildman–Crippen MR) is 79.1 cm³/mol. The molecule has 0 aliphatic carbocycles. The number of hydrogen-bond acceptors (Lipinski definition) is 6. The van der Waals surface area contributed by atoms with E-state index in [2.05, 4.69) is 15.1 Å². The molecule has 0 saturated carbocycles. The molecule has 5 nitrogen and oxygen atoms in total. The van der Waals surface area contributed by atoms with E-state index in [1.165, 1.54) is 11.3 Å². The van der Waals surface area contributed by atoms with Gasteiger partial charge in [-0.3, -0.25) is 9.78 Å². The number of nitrogens with zero attached hydrogens (tertiary/aromatic N) is 3. The van der Waals surface area contributed by atoms with Gasteiger partial charge in [0.1, 0.15) is 5.69 Å². The van der Waals surface area contributed by atoms with E-state index in [4.69, 9.17) is 4.52 Å². The number of aromatic nitrogens is 3. The highest BCUT2D eigenvalue weighted by molar-refractivity contribution is 7.12. The summed E-state index contributed by atoms with van der Waals surface area (Å²) in [5.74, 6) is 1.18. The minimum Gasteiger partial charge on any atom is -0.339 e. The number of Topliss-reactive ketones (excluding diaryl/α,β-unsaturated/α-hetero) is 1. The molecule has 0 amide bonds. The maximum Gasteiger partial charge on any atom is 0.227 e. The Balaban J connectivity index is 1.55. The van der Waals surface area contributed by atoms with Gasteiger partial charge in [-0.05, 0) is 30.0 Å². The first-order valence-electron chi connectivity index (χ1n) is 6.63. The lowest BCUT2D eigenvalue weighted by atomic mass is 10.1. The van der Waals surface area contributed by atoms with Crippen molar-refractivity contribution in [3.05, 3.63) is 52.7 Å². The largest absolute Gasteiger partial charge is 0.339 e. The van der Waals surface area contributed by atoms with E-state index in [0.29, 0.717) is 36.7 Å². The molecule has 0 atom stereocenters. The van der Waals surface area contributed by atoms with Gasteiger partial charge in [0.15, 0.2) is 5.78 Å². The fourth-order valence-corrected chi connectivity index (χ4v) is 2.61. The highest BCUT2D eigenvalue weighted by Gasteiger charge is 2.11. The summed E-state index contributed by atoms with van der Waals surface area (Å²) < 4.78 is 5.18. The zero-order valence-electron chi connectivity index (χ0n) is 11.2. The summed E-state index contributed by atoms with van der Waals surface area (Å²) in [5, 5.41) is 5.81. The van der Waals surface area contributed by atoms with Gasteiger partial charge in [-0.15, -0.1) is 11.3 Å². The highest BCUT2D eigenvalue weighted by Crippen LogP contribution is 2.15. The zero-order chi connectivity index (χ0) is 14.5. The van der Waals surface area contributed by atoms with E-state index in [1.54, 1.807) is 6.20 Å². The molecule has 0 aliphatic rings. The average molecular weight is 299 g/mol. The first-order valence-corrected chi connectivity index (χ1v) is 7.51. The number of thiophene rings is 1. The van der Waals surface area contributed by atoms with Crippen molar-refractivity contribution in [3.8, 4) is 11.5 Å². The third kappa shape index (κ3) is 3.41. The van der Waals surface area contributed by atoms with Crippen LogP contribution in [0.1, 0.15) is 28.4 Å². The third-order valence-corrected chi connectivity index (χ3v) is 3.86. The van der Waals surface area contributed by atoms with E-state index in [1.807, 2.05) is 35.7 Å². The summed E-state index contributed by atoms with van der Waals surface area (Å²) in [6.07, 6.45) is 3.46. The minimum atomic E-state index is 0.162. The lowest BCUT2D eigenvalue weighted by Crippen LogP contribution is -1.97. The first-order chi connectivity index (χ1) is 10.3. The van der Waals surface area contributed by atoms with Crippen LogP contribution in [0.5, 0.6) is 0 Å². The summed E-state index contributed by atoms with van der Waals surface area (Å²) in [6.45, 7) is 0. The van der Waals surface area contributed by atoms with Crippen LogP contribution in [-0.4, -0.2) is 20.9 Å². The highest BCUT2D eigenvalue weighted by atomic mass is 32.1. The molecule has 0 unspecified atom stereocenters. The van der Waals surface area contributed by atoms with Crippen molar-refractivity contribution in [2.45, 2.75) is 19.3 Å². The predicted octanol–water partition coefficient (Wildman–Crippen LogP) is 3.40. The summed E-state index contributed by atoms with van der Waals surface area (Å²) in [7, 11) is 0. The van der Waals surface area contributed by atoms with Crippen molar-refractivity contribution in [2.24, 2.45) is 0 Å². The van der Waals surface area contributed by atoms with Crippen LogP contribution < -0.4 is 0 Å². The second kappa shape index (κ2) is 6.41. The van der Waals surface area contributed by atoms with Crippen molar-refractivity contribution in [2.75, 3.05) is 0 Å². The van der Waals surface area contributed by atoms with Crippen LogP contribution in [0, 0.1) is 0 Å². The lowest BCUT2D eigenvalue weighted by molar-refractivity contribution is 0.0983. The van der Waals surface area contributed by atoms with Gasteiger partial charge in [-0.1, -0.05) is 17.3 Å². The van der Waals surface area contributed by atoms with Crippen LogP contribution in [0.25, 0.3) is 11.5 Å². The third-order valence-electron chi connectivity index (χ3n) is 2.95. The van der Waals surface area contributed by atoms with Gasteiger partial charge in [-0.2, -0.15) is 4.98 Å². The molecule has 3 aromatic heterocycles. The SMILES string of the molecule is O=C(CCCc1nc(-c2ccccn2)no1)c1cccs1. The second-order valence-electron chi connectivity index (χ2n) is 4.48. The molecule has 0 N–H and O–H groups in total. The number of ketones is 1. The monoisotopic (exact) mass is 299 g/mol. The minimum absolute atomic E-state index is 0.162. The van der Waals surface area contributed by atoms with Gasteiger partial charge in [0.2, 0.25) is 11.7 Å². The fraction of sp³-hybridized carbons (Fsp3) is 0.200. The van der Waals surface area contributed by atoms with Gasteiger partial charge >= 0.3 is 0 Å². The van der Waals surface area contributed by atoms with Gasteiger partial charge in [-0.25, -0.2) is 0 Å². The molecular formula is C15H13N3O2S. The molecular weight excluding hydrogens is 286 g/mol. The maximum absolute atomic E-state index is 11.9. The zero-order valence-corrected chi connectivity index (χ0v) is 12.0. The molecule has 0 saturated heterocycles. The Labute approximate surface area is 125 Å². The summed E-state index contributed by atoms with van der Waals surface area (Å²) in [5.41, 5.74) is 0.683. The summed E-state index contributed by atoms with van der Waals surface area (Å²) >= 11 is 1.47. The molecule has 106 valence electrons. The average Bonchev–Trinajstić information content (AvgIpc) is 3.20. The molecule has 0 radical (unpaired) electrons. The van der Waals surface area contributed by atoms with Gasteiger partial charge < -0.3 is 4.52 Å². The molecule has 0 bridgehead atoms. The molecule has 3 rings (SSSR count). The van der Waals surface area contributed by atoms with Crippen molar-refractivity contribution in [3.63, 3.8) is 0 Å². The normalized spacial score (nSPS) is 10.7. The molecule has 0 aliphatic heterocycles. The first kappa shape index (κ1) is 13.6. The molecule has 0 aromatic carbocycles. The second-order valence-corrected chi connectivity index (χ2v) is 5.43. The number of carbonyl (C=O) groups is 1. The van der Waals surface area contributed by atoms with Crippen LogP contribution >= 0.6 is 11.3 Å². The Morgan fingerprint density at radius 2 is 2.19 bits per heavy atom. The Morgan fingerprint density at radius 1 is 1.24 bits per heavy atom. The number of hydrogen-bond donors (Lipinski definition) is 0. The quantitative estimate of drug-likeness (QED) is 0.652. The van der Waals surface area contributed by atoms with Crippen molar-refractivity contribution in [1.29, 1.82) is 0 Å². The molecule has 0 fully saturated rings. The standard InChI is InChI=1S/C15H13N3O2S/c19-12(13-7-4-10-21-13)6-3-8-14-17-15(18-20-14)11-5-1-2-9-16-11/h1-2,4-5,7,9-10H,3,6,8H2. The van der Waals surface area contributed by atoms with Gasteiger partial charge in [0, 0.05) is 19.0 Å². The number of carbonyl (C=O) groups excluding carboxylic acids is 1. The smallest absolute Gasteiger partial charge is 0.227 e. The van der Waals surface area contributed by atoms with Crippen LogP contribution in [-0.2, 0) is 6.42 Å². The Bertz CT molecular complexity index is 708. The Hall–Kier alpha value is -2.34. The summed E-state index contributed by atoms with van der Waals surface area (Å²) in [6, 6.07) is 9.27. The van der Waals surface area contributed by atoms with E-state index in [0.717, 1.165) is 4.88 Å². The van der Waals surface area contributed by atoms with Crippen molar-refractivity contribution in [1.82, 2.24) is 15.1 Å². The molecule has 0 spiro atoms. The molecule has 6 heteroatoms. The fourth-order valence-electron chi connectivity index (χ4n) is 1.92. The number of rotatable bonds is 6. The van der Waals surface area contributed by atoms with Crippen LogP contribution in [0.4, 0.5) is 0 Å². The molecule has 3 heterocycles. The van der Waals surface area contributed by atoms with Crippen LogP contribution in [0.15, 0.2) is 46.4 Å². The lowest BCUT2D eigenvalue weighted by Gasteiger charge is -1.95. The molecule has 21 heavy (non-hydrogen) atoms. The van der Waals surface area contributed by atoms with Crippen LogP contribution in [0.3, 0.4) is 0 Å². The Kier molecular flexibility index (Phi) is 4.16. The van der Waals surface area contributed by atoms with Crippen molar-refractivity contribution < 1.29 is 9.32 Å². The maximum atomic E-state index is 11.9. The summed E-state index contributed by atoms with van der Waals surface area (Å²) in [4.78, 5) is 21.1.